The van der Waals surface area contributed by atoms with E-state index in [0.29, 0.717) is 0 Å². The molecule has 2 aromatic rings. The SMILES string of the molecule is [CH2]CC[CH]N1CCC(O[C@@H](c2ccc(Cl)cc2)c2ccccn2)CC1. The summed E-state index contributed by atoms with van der Waals surface area (Å²) >= 11 is 6.04. The van der Waals surface area contributed by atoms with Crippen molar-refractivity contribution in [3.05, 3.63) is 78.4 Å². The first-order valence-corrected chi connectivity index (χ1v) is 9.32. The highest BCUT2D eigenvalue weighted by Gasteiger charge is 2.25. The third-order valence-corrected chi connectivity index (χ3v) is 4.78. The van der Waals surface area contributed by atoms with E-state index in [2.05, 4.69) is 23.4 Å². The number of piperidine rings is 1. The highest BCUT2D eigenvalue weighted by Crippen LogP contribution is 2.30. The molecule has 1 fully saturated rings. The van der Waals surface area contributed by atoms with Gasteiger partial charge in [-0.05, 0) is 49.1 Å². The molecule has 0 N–H and O–H groups in total. The summed E-state index contributed by atoms with van der Waals surface area (Å²) in [7, 11) is 0. The number of unbranched alkanes of at least 4 members (excludes halogenated alkanes) is 1. The standard InChI is InChI=1S/C21H25ClN2O/c1-2-3-14-24-15-11-19(12-16-24)25-21(20-6-4-5-13-23-20)17-7-9-18(22)10-8-17/h4-10,13-14,19,21H,1-3,11-12,15-16H2/t21-/m0/s1. The maximum Gasteiger partial charge on any atom is 0.125 e. The summed E-state index contributed by atoms with van der Waals surface area (Å²) in [5.74, 6) is 0. The van der Waals surface area contributed by atoms with Gasteiger partial charge in [0.1, 0.15) is 6.10 Å². The predicted octanol–water partition coefficient (Wildman–Crippen LogP) is 5.08. The minimum Gasteiger partial charge on any atom is -0.364 e. The molecule has 2 heterocycles. The summed E-state index contributed by atoms with van der Waals surface area (Å²) in [6.07, 6.45) is 5.97. The Hall–Kier alpha value is -1.42. The van der Waals surface area contributed by atoms with Gasteiger partial charge >= 0.3 is 0 Å². The second kappa shape index (κ2) is 9.33. The Labute approximate surface area is 156 Å². The van der Waals surface area contributed by atoms with Gasteiger partial charge in [0.15, 0.2) is 0 Å². The third kappa shape index (κ3) is 5.27. The van der Waals surface area contributed by atoms with Crippen molar-refractivity contribution in [1.29, 1.82) is 0 Å². The number of rotatable bonds is 7. The Kier molecular flexibility index (Phi) is 6.85. The zero-order valence-electron chi connectivity index (χ0n) is 14.5. The molecular formula is C21H25ClN2O. The van der Waals surface area contributed by atoms with E-state index in [1.807, 2.05) is 48.7 Å². The van der Waals surface area contributed by atoms with E-state index < -0.39 is 0 Å². The lowest BCUT2D eigenvalue weighted by atomic mass is 10.0. The fraction of sp³-hybridized carbons (Fsp3) is 0.381. The average Bonchev–Trinajstić information content (AvgIpc) is 2.67. The van der Waals surface area contributed by atoms with Gasteiger partial charge in [0.05, 0.1) is 11.8 Å². The van der Waals surface area contributed by atoms with Gasteiger partial charge in [-0.2, -0.15) is 0 Å². The number of pyridine rings is 1. The average molecular weight is 357 g/mol. The number of hydrogen-bond donors (Lipinski definition) is 0. The van der Waals surface area contributed by atoms with Crippen LogP contribution in [0.5, 0.6) is 0 Å². The van der Waals surface area contributed by atoms with Crippen LogP contribution in [0.4, 0.5) is 0 Å². The lowest BCUT2D eigenvalue weighted by Gasteiger charge is -2.33. The van der Waals surface area contributed by atoms with E-state index in [1.165, 1.54) is 0 Å². The van der Waals surface area contributed by atoms with Crippen LogP contribution in [0, 0.1) is 13.5 Å². The van der Waals surface area contributed by atoms with Crippen molar-refractivity contribution < 1.29 is 4.74 Å². The van der Waals surface area contributed by atoms with Crippen LogP contribution in [0.15, 0.2) is 48.7 Å². The molecule has 2 radical (unpaired) electrons. The monoisotopic (exact) mass is 356 g/mol. The minimum absolute atomic E-state index is 0.154. The van der Waals surface area contributed by atoms with Gasteiger partial charge in [-0.3, -0.25) is 9.88 Å². The second-order valence-corrected chi connectivity index (χ2v) is 6.82. The molecule has 3 rings (SSSR count). The highest BCUT2D eigenvalue weighted by molar-refractivity contribution is 6.30. The molecule has 4 heteroatoms. The summed E-state index contributed by atoms with van der Waals surface area (Å²) in [6, 6.07) is 13.8. The number of halogens is 1. The molecule has 1 saturated heterocycles. The second-order valence-electron chi connectivity index (χ2n) is 6.38. The van der Waals surface area contributed by atoms with Crippen molar-refractivity contribution >= 4 is 11.6 Å². The van der Waals surface area contributed by atoms with E-state index in [4.69, 9.17) is 16.3 Å². The third-order valence-electron chi connectivity index (χ3n) is 4.53. The smallest absolute Gasteiger partial charge is 0.125 e. The van der Waals surface area contributed by atoms with Crippen molar-refractivity contribution in [2.75, 3.05) is 13.1 Å². The molecule has 0 bridgehead atoms. The normalized spacial score (nSPS) is 17.5. The molecule has 1 aromatic carbocycles. The summed E-state index contributed by atoms with van der Waals surface area (Å²) in [5.41, 5.74) is 2.03. The number of likely N-dealkylation sites (tertiary alicyclic amines) is 1. The molecule has 0 aliphatic carbocycles. The molecule has 1 aliphatic rings. The first kappa shape index (κ1) is 18.4. The summed E-state index contributed by atoms with van der Waals surface area (Å²) in [5, 5.41) is 0.734. The zero-order chi connectivity index (χ0) is 17.5. The first-order chi connectivity index (χ1) is 12.3. The van der Waals surface area contributed by atoms with Gasteiger partial charge in [0.25, 0.3) is 0 Å². The molecule has 1 atom stereocenters. The Morgan fingerprint density at radius 2 is 1.96 bits per heavy atom. The molecule has 132 valence electrons. The van der Waals surface area contributed by atoms with Crippen molar-refractivity contribution in [3.8, 4) is 0 Å². The van der Waals surface area contributed by atoms with Crippen LogP contribution in [-0.4, -0.2) is 29.1 Å². The number of benzene rings is 1. The Morgan fingerprint density at radius 3 is 2.60 bits per heavy atom. The molecule has 25 heavy (non-hydrogen) atoms. The van der Waals surface area contributed by atoms with Crippen molar-refractivity contribution in [1.82, 2.24) is 9.88 Å². The van der Waals surface area contributed by atoms with Crippen LogP contribution in [0.1, 0.15) is 43.0 Å². The molecule has 0 amide bonds. The number of aromatic nitrogens is 1. The fourth-order valence-electron chi connectivity index (χ4n) is 3.15. The minimum atomic E-state index is -0.154. The van der Waals surface area contributed by atoms with Crippen LogP contribution in [0.2, 0.25) is 5.02 Å². The van der Waals surface area contributed by atoms with Gasteiger partial charge < -0.3 is 4.74 Å². The van der Waals surface area contributed by atoms with E-state index in [1.54, 1.807) is 0 Å². The van der Waals surface area contributed by atoms with Crippen LogP contribution < -0.4 is 0 Å². The number of ether oxygens (including phenoxy) is 1. The zero-order valence-corrected chi connectivity index (χ0v) is 15.2. The van der Waals surface area contributed by atoms with Crippen molar-refractivity contribution in [2.24, 2.45) is 0 Å². The molecular weight excluding hydrogens is 332 g/mol. The van der Waals surface area contributed by atoms with Crippen molar-refractivity contribution in [2.45, 2.75) is 37.9 Å². The molecule has 0 spiro atoms. The topological polar surface area (TPSA) is 25.4 Å². The Bertz CT molecular complexity index is 624. The highest BCUT2D eigenvalue weighted by atomic mass is 35.5. The lowest BCUT2D eigenvalue weighted by molar-refractivity contribution is -0.0250. The Balaban J connectivity index is 1.68. The number of nitrogens with zero attached hydrogens (tertiary/aromatic N) is 2. The fourth-order valence-corrected chi connectivity index (χ4v) is 3.27. The van der Waals surface area contributed by atoms with Gasteiger partial charge in [-0.1, -0.05) is 43.1 Å². The quantitative estimate of drug-likeness (QED) is 0.691. The lowest BCUT2D eigenvalue weighted by Crippen LogP contribution is -2.36. The summed E-state index contributed by atoms with van der Waals surface area (Å²) < 4.78 is 6.50. The maximum absolute atomic E-state index is 6.50. The van der Waals surface area contributed by atoms with E-state index in [0.717, 1.165) is 55.1 Å². The van der Waals surface area contributed by atoms with Crippen LogP contribution in [0.25, 0.3) is 0 Å². The summed E-state index contributed by atoms with van der Waals surface area (Å²) in [6.45, 7) is 8.26. The van der Waals surface area contributed by atoms with Crippen LogP contribution in [0.3, 0.4) is 0 Å². The van der Waals surface area contributed by atoms with E-state index in [-0.39, 0.29) is 12.2 Å². The Morgan fingerprint density at radius 1 is 1.20 bits per heavy atom. The van der Waals surface area contributed by atoms with Gasteiger partial charge in [0.2, 0.25) is 0 Å². The van der Waals surface area contributed by atoms with Crippen LogP contribution in [-0.2, 0) is 4.74 Å². The maximum atomic E-state index is 6.50. The van der Waals surface area contributed by atoms with Gasteiger partial charge in [-0.15, -0.1) is 0 Å². The predicted molar refractivity (Wildman–Crippen MR) is 102 cm³/mol. The van der Waals surface area contributed by atoms with E-state index in [9.17, 15) is 0 Å². The van der Waals surface area contributed by atoms with Gasteiger partial charge in [0, 0.05) is 30.9 Å². The van der Waals surface area contributed by atoms with Crippen LogP contribution >= 0.6 is 11.6 Å². The summed E-state index contributed by atoms with van der Waals surface area (Å²) in [4.78, 5) is 6.91. The first-order valence-electron chi connectivity index (χ1n) is 8.94. The molecule has 1 aliphatic heterocycles. The van der Waals surface area contributed by atoms with Crippen molar-refractivity contribution in [3.63, 3.8) is 0 Å². The molecule has 0 unspecified atom stereocenters. The van der Waals surface area contributed by atoms with E-state index >= 15 is 0 Å². The largest absolute Gasteiger partial charge is 0.364 e. The molecule has 3 nitrogen and oxygen atoms in total. The molecule has 0 saturated carbocycles. The van der Waals surface area contributed by atoms with Gasteiger partial charge in [-0.25, -0.2) is 0 Å². The number of hydrogen-bond acceptors (Lipinski definition) is 3. The molecule has 1 aromatic heterocycles.